The number of aryl methyl sites for hydroxylation is 3. The standard InChI is InChI=1S/C20H34N4O4/c1-23-16(21-18-17(23)19(27)22-20(28)24(18)2)13-11-9-7-5-3-4-6-8-10-12-15(26)14-25/h15,25-26H,3-14H2,1-2H3,(H,22,27,28). The number of aromatic nitrogens is 4. The molecule has 0 aromatic carbocycles. The molecule has 0 saturated heterocycles. The number of aromatic amines is 1. The van der Waals surface area contributed by atoms with Crippen molar-refractivity contribution in [1.82, 2.24) is 19.1 Å². The number of aliphatic hydroxyl groups excluding tert-OH is 2. The van der Waals surface area contributed by atoms with E-state index in [-0.39, 0.29) is 12.2 Å². The molecule has 0 fully saturated rings. The summed E-state index contributed by atoms with van der Waals surface area (Å²) in [5, 5.41) is 18.0. The van der Waals surface area contributed by atoms with Gasteiger partial charge >= 0.3 is 5.69 Å². The number of rotatable bonds is 13. The fourth-order valence-corrected chi connectivity index (χ4v) is 3.57. The van der Waals surface area contributed by atoms with Crippen LogP contribution in [0.2, 0.25) is 0 Å². The number of hydrogen-bond acceptors (Lipinski definition) is 5. The van der Waals surface area contributed by atoms with E-state index in [2.05, 4.69) is 9.97 Å². The lowest BCUT2D eigenvalue weighted by Gasteiger charge is -2.06. The topological polar surface area (TPSA) is 113 Å². The third kappa shape index (κ3) is 6.04. The number of imidazole rings is 1. The Morgan fingerprint density at radius 3 is 2.11 bits per heavy atom. The lowest BCUT2D eigenvalue weighted by molar-refractivity contribution is 0.0860. The molecule has 8 nitrogen and oxygen atoms in total. The fourth-order valence-electron chi connectivity index (χ4n) is 3.57. The van der Waals surface area contributed by atoms with Gasteiger partial charge in [0.25, 0.3) is 5.56 Å². The summed E-state index contributed by atoms with van der Waals surface area (Å²) < 4.78 is 3.17. The number of nitrogens with zero attached hydrogens (tertiary/aromatic N) is 3. The van der Waals surface area contributed by atoms with E-state index in [1.807, 2.05) is 7.05 Å². The van der Waals surface area contributed by atoms with Crippen LogP contribution in [-0.2, 0) is 20.5 Å². The molecule has 0 amide bonds. The van der Waals surface area contributed by atoms with E-state index >= 15 is 0 Å². The molecule has 2 rings (SSSR count). The van der Waals surface area contributed by atoms with Gasteiger partial charge in [0.2, 0.25) is 0 Å². The van der Waals surface area contributed by atoms with E-state index in [9.17, 15) is 14.7 Å². The molecule has 0 bridgehead atoms. The van der Waals surface area contributed by atoms with E-state index < -0.39 is 11.8 Å². The third-order valence-corrected chi connectivity index (χ3v) is 5.38. The highest BCUT2D eigenvalue weighted by Crippen LogP contribution is 2.14. The van der Waals surface area contributed by atoms with Crippen LogP contribution < -0.4 is 11.2 Å². The van der Waals surface area contributed by atoms with Crippen LogP contribution in [-0.4, -0.2) is 42.0 Å². The van der Waals surface area contributed by atoms with Gasteiger partial charge < -0.3 is 14.8 Å². The zero-order chi connectivity index (χ0) is 20.5. The summed E-state index contributed by atoms with van der Waals surface area (Å²) in [6, 6.07) is 0. The zero-order valence-corrected chi connectivity index (χ0v) is 17.1. The number of unbranched alkanes of at least 4 members (excludes halogenated alkanes) is 8. The molecule has 0 spiro atoms. The van der Waals surface area contributed by atoms with Crippen LogP contribution in [0.1, 0.15) is 70.0 Å². The second-order valence-corrected chi connectivity index (χ2v) is 7.63. The first-order valence-electron chi connectivity index (χ1n) is 10.4. The van der Waals surface area contributed by atoms with Gasteiger partial charge in [-0.1, -0.05) is 51.4 Å². The zero-order valence-electron chi connectivity index (χ0n) is 17.1. The number of nitrogens with one attached hydrogen (secondary N) is 1. The highest BCUT2D eigenvalue weighted by molar-refractivity contribution is 5.70. The monoisotopic (exact) mass is 394 g/mol. The van der Waals surface area contributed by atoms with Crippen molar-refractivity contribution in [3.63, 3.8) is 0 Å². The Labute approximate surface area is 165 Å². The summed E-state index contributed by atoms with van der Waals surface area (Å²) in [5.41, 5.74) is 0.0679. The molecule has 2 aromatic heterocycles. The van der Waals surface area contributed by atoms with Gasteiger partial charge in [0.1, 0.15) is 5.82 Å². The van der Waals surface area contributed by atoms with E-state index in [1.165, 1.54) is 36.7 Å². The predicted octanol–water partition coefficient (Wildman–Crippen LogP) is 1.76. The van der Waals surface area contributed by atoms with Crippen molar-refractivity contribution < 1.29 is 10.2 Å². The summed E-state index contributed by atoms with van der Waals surface area (Å²) in [7, 11) is 3.44. The van der Waals surface area contributed by atoms with Crippen molar-refractivity contribution in [2.24, 2.45) is 14.1 Å². The Morgan fingerprint density at radius 2 is 1.50 bits per heavy atom. The third-order valence-electron chi connectivity index (χ3n) is 5.38. The number of aliphatic hydroxyl groups is 2. The summed E-state index contributed by atoms with van der Waals surface area (Å²) >= 11 is 0. The van der Waals surface area contributed by atoms with Crippen molar-refractivity contribution in [2.75, 3.05) is 6.61 Å². The minimum Gasteiger partial charge on any atom is -0.394 e. The van der Waals surface area contributed by atoms with Gasteiger partial charge in [-0.25, -0.2) is 9.78 Å². The molecule has 0 aliphatic carbocycles. The molecule has 1 unspecified atom stereocenters. The highest BCUT2D eigenvalue weighted by Gasteiger charge is 2.14. The van der Waals surface area contributed by atoms with Gasteiger partial charge in [0.05, 0.1) is 12.7 Å². The van der Waals surface area contributed by atoms with Crippen LogP contribution in [0.4, 0.5) is 0 Å². The van der Waals surface area contributed by atoms with Crippen LogP contribution in [0.5, 0.6) is 0 Å². The molecule has 8 heteroatoms. The Hall–Kier alpha value is -1.93. The van der Waals surface area contributed by atoms with Crippen molar-refractivity contribution in [2.45, 2.75) is 76.7 Å². The first kappa shape index (κ1) is 22.4. The summed E-state index contributed by atoms with van der Waals surface area (Å²) in [4.78, 5) is 30.5. The minimum absolute atomic E-state index is 0.136. The van der Waals surface area contributed by atoms with Crippen molar-refractivity contribution in [1.29, 1.82) is 0 Å². The van der Waals surface area contributed by atoms with Gasteiger partial charge in [-0.15, -0.1) is 0 Å². The Balaban J connectivity index is 1.64. The number of fused-ring (bicyclic) bond motifs is 1. The summed E-state index contributed by atoms with van der Waals surface area (Å²) in [5.74, 6) is 0.840. The molecule has 2 heterocycles. The van der Waals surface area contributed by atoms with Crippen molar-refractivity contribution in [3.8, 4) is 0 Å². The number of hydrogen-bond donors (Lipinski definition) is 3. The minimum atomic E-state index is -0.556. The maximum absolute atomic E-state index is 12.0. The summed E-state index contributed by atoms with van der Waals surface area (Å²) in [6.45, 7) is -0.136. The Morgan fingerprint density at radius 1 is 0.929 bits per heavy atom. The van der Waals surface area contributed by atoms with Crippen LogP contribution in [0, 0.1) is 0 Å². The molecule has 0 aliphatic heterocycles. The Bertz CT molecular complexity index is 852. The SMILES string of the molecule is Cn1c(CCCCCCCCCCCC(O)CO)nc2c1c(=O)[nH]c(=O)n2C. The number of H-pyrrole nitrogens is 1. The molecular weight excluding hydrogens is 360 g/mol. The lowest BCUT2D eigenvalue weighted by atomic mass is 10.0. The molecule has 3 N–H and O–H groups in total. The van der Waals surface area contributed by atoms with Crippen LogP contribution in [0.25, 0.3) is 11.2 Å². The van der Waals surface area contributed by atoms with Crippen LogP contribution >= 0.6 is 0 Å². The normalized spacial score (nSPS) is 12.7. The molecular formula is C20H34N4O4. The second-order valence-electron chi connectivity index (χ2n) is 7.63. The van der Waals surface area contributed by atoms with E-state index in [0.29, 0.717) is 17.6 Å². The maximum Gasteiger partial charge on any atom is 0.329 e. The first-order chi connectivity index (χ1) is 13.5. The second kappa shape index (κ2) is 11.2. The highest BCUT2D eigenvalue weighted by atomic mass is 16.3. The predicted molar refractivity (Wildman–Crippen MR) is 110 cm³/mol. The van der Waals surface area contributed by atoms with Gasteiger partial charge in [0.15, 0.2) is 11.2 Å². The van der Waals surface area contributed by atoms with Gasteiger partial charge in [0, 0.05) is 20.5 Å². The van der Waals surface area contributed by atoms with Crippen LogP contribution in [0.3, 0.4) is 0 Å². The quantitative estimate of drug-likeness (QED) is 0.448. The molecule has 2 aromatic rings. The molecule has 28 heavy (non-hydrogen) atoms. The fraction of sp³-hybridized carbons (Fsp3) is 0.750. The van der Waals surface area contributed by atoms with Gasteiger partial charge in [-0.2, -0.15) is 0 Å². The molecule has 1 atom stereocenters. The van der Waals surface area contributed by atoms with E-state index in [4.69, 9.17) is 5.11 Å². The van der Waals surface area contributed by atoms with Crippen LogP contribution in [0.15, 0.2) is 9.59 Å². The Kier molecular flexibility index (Phi) is 8.92. The lowest BCUT2D eigenvalue weighted by Crippen LogP contribution is -2.29. The average molecular weight is 395 g/mol. The van der Waals surface area contributed by atoms with Gasteiger partial charge in [-0.05, 0) is 12.8 Å². The molecule has 158 valence electrons. The maximum atomic E-state index is 12.0. The van der Waals surface area contributed by atoms with Crippen molar-refractivity contribution in [3.05, 3.63) is 26.7 Å². The smallest absolute Gasteiger partial charge is 0.329 e. The average Bonchev–Trinajstić information content (AvgIpc) is 3.01. The molecule has 0 radical (unpaired) electrons. The summed E-state index contributed by atoms with van der Waals surface area (Å²) in [6.07, 6.45) is 11.2. The molecule has 0 aliphatic rings. The first-order valence-corrected chi connectivity index (χ1v) is 10.4. The largest absolute Gasteiger partial charge is 0.394 e. The molecule has 0 saturated carbocycles. The van der Waals surface area contributed by atoms with Crippen molar-refractivity contribution >= 4 is 11.2 Å². The van der Waals surface area contributed by atoms with Gasteiger partial charge in [-0.3, -0.25) is 14.3 Å². The van der Waals surface area contributed by atoms with E-state index in [0.717, 1.165) is 37.9 Å². The van der Waals surface area contributed by atoms with E-state index in [1.54, 1.807) is 11.6 Å².